The summed E-state index contributed by atoms with van der Waals surface area (Å²) in [5.74, 6) is -1.55. The number of primary amides is 1. The highest BCUT2D eigenvalue weighted by atomic mass is 16.2. The van der Waals surface area contributed by atoms with E-state index in [1.165, 1.54) is 4.68 Å². The standard InChI is InChI=1S/C23H26N6O4/c1-3-14(2)18(25-23(24)33)20(30)26-27-21(31)19-16-11-7-8-12-17(16)22(32)29(28-19)13-15-9-5-4-6-10-15/h4-12,14,18H,3,13H2,1-2H3,(H,26,30)(H,27,31)(H3,24,25,33). The van der Waals surface area contributed by atoms with Crippen LogP contribution in [0.3, 0.4) is 0 Å². The maximum absolute atomic E-state index is 12.9. The van der Waals surface area contributed by atoms with Gasteiger partial charge in [0.1, 0.15) is 6.04 Å². The smallest absolute Gasteiger partial charge is 0.312 e. The fraction of sp³-hybridized carbons (Fsp3) is 0.261. The highest BCUT2D eigenvalue weighted by Crippen LogP contribution is 2.14. The van der Waals surface area contributed by atoms with Crippen molar-refractivity contribution in [1.82, 2.24) is 25.9 Å². The molecule has 172 valence electrons. The average molecular weight is 450 g/mol. The molecule has 4 amide bonds. The fourth-order valence-electron chi connectivity index (χ4n) is 3.38. The van der Waals surface area contributed by atoms with E-state index in [-0.39, 0.29) is 23.7 Å². The molecule has 0 spiro atoms. The summed E-state index contributed by atoms with van der Waals surface area (Å²) in [7, 11) is 0. The number of hydrogen-bond acceptors (Lipinski definition) is 5. The molecule has 0 radical (unpaired) electrons. The molecule has 3 aromatic rings. The topological polar surface area (TPSA) is 148 Å². The van der Waals surface area contributed by atoms with E-state index in [0.717, 1.165) is 5.56 Å². The van der Waals surface area contributed by atoms with Gasteiger partial charge in [0, 0.05) is 5.39 Å². The van der Waals surface area contributed by atoms with Crippen molar-refractivity contribution in [1.29, 1.82) is 0 Å². The molecule has 2 atom stereocenters. The van der Waals surface area contributed by atoms with Crippen molar-refractivity contribution in [2.45, 2.75) is 32.9 Å². The lowest BCUT2D eigenvalue weighted by Crippen LogP contribution is -2.55. The number of hydrazine groups is 1. The molecule has 0 aliphatic rings. The first-order chi connectivity index (χ1) is 15.8. The molecule has 3 rings (SSSR count). The second-order valence-electron chi connectivity index (χ2n) is 7.66. The molecular weight excluding hydrogens is 424 g/mol. The largest absolute Gasteiger partial charge is 0.352 e. The maximum Gasteiger partial charge on any atom is 0.312 e. The number of nitrogens with one attached hydrogen (secondary N) is 3. The first kappa shape index (κ1) is 23.5. The summed E-state index contributed by atoms with van der Waals surface area (Å²) in [6.45, 7) is 3.81. The highest BCUT2D eigenvalue weighted by molar-refractivity contribution is 6.05. The Morgan fingerprint density at radius 1 is 1.00 bits per heavy atom. The van der Waals surface area contributed by atoms with E-state index in [0.29, 0.717) is 17.2 Å². The van der Waals surface area contributed by atoms with Crippen molar-refractivity contribution in [2.24, 2.45) is 11.7 Å². The molecule has 33 heavy (non-hydrogen) atoms. The lowest BCUT2D eigenvalue weighted by Gasteiger charge is -2.22. The van der Waals surface area contributed by atoms with E-state index < -0.39 is 23.9 Å². The van der Waals surface area contributed by atoms with Crippen molar-refractivity contribution in [3.8, 4) is 0 Å². The third-order valence-electron chi connectivity index (χ3n) is 5.35. The van der Waals surface area contributed by atoms with E-state index in [9.17, 15) is 19.2 Å². The molecular formula is C23H26N6O4. The number of nitrogens with two attached hydrogens (primary N) is 1. The minimum absolute atomic E-state index is 0.0237. The molecule has 0 aliphatic carbocycles. The van der Waals surface area contributed by atoms with Gasteiger partial charge in [-0.25, -0.2) is 9.48 Å². The molecule has 0 saturated carbocycles. The summed E-state index contributed by atoms with van der Waals surface area (Å²) in [4.78, 5) is 49.7. The van der Waals surface area contributed by atoms with Crippen LogP contribution in [0.25, 0.3) is 10.8 Å². The average Bonchev–Trinajstić information content (AvgIpc) is 2.82. The van der Waals surface area contributed by atoms with Crippen LogP contribution in [0.15, 0.2) is 59.4 Å². The number of amides is 4. The summed E-state index contributed by atoms with van der Waals surface area (Å²) >= 11 is 0. The molecule has 2 unspecified atom stereocenters. The van der Waals surface area contributed by atoms with Crippen LogP contribution in [0.2, 0.25) is 0 Å². The van der Waals surface area contributed by atoms with Gasteiger partial charge >= 0.3 is 6.03 Å². The van der Waals surface area contributed by atoms with E-state index >= 15 is 0 Å². The second kappa shape index (κ2) is 10.4. The monoisotopic (exact) mass is 450 g/mol. The van der Waals surface area contributed by atoms with Gasteiger partial charge in [-0.3, -0.25) is 25.2 Å². The van der Waals surface area contributed by atoms with Crippen LogP contribution in [0, 0.1) is 5.92 Å². The highest BCUT2D eigenvalue weighted by Gasteiger charge is 2.26. The van der Waals surface area contributed by atoms with Crippen molar-refractivity contribution in [3.63, 3.8) is 0 Å². The van der Waals surface area contributed by atoms with Crippen molar-refractivity contribution in [2.75, 3.05) is 0 Å². The van der Waals surface area contributed by atoms with Gasteiger partial charge in [0.05, 0.1) is 11.9 Å². The van der Waals surface area contributed by atoms with Gasteiger partial charge in [0.25, 0.3) is 17.4 Å². The zero-order valence-corrected chi connectivity index (χ0v) is 18.4. The zero-order valence-electron chi connectivity index (χ0n) is 18.4. The number of carbonyl (C=O) groups excluding carboxylic acids is 3. The Balaban J connectivity index is 1.88. The van der Waals surface area contributed by atoms with Gasteiger partial charge in [-0.05, 0) is 17.5 Å². The molecule has 1 heterocycles. The minimum atomic E-state index is -0.926. The number of urea groups is 1. The van der Waals surface area contributed by atoms with Crippen LogP contribution >= 0.6 is 0 Å². The predicted octanol–water partition coefficient (Wildman–Crippen LogP) is 1.29. The number of benzene rings is 2. The molecule has 2 aromatic carbocycles. The first-order valence-corrected chi connectivity index (χ1v) is 10.5. The number of aromatic nitrogens is 2. The van der Waals surface area contributed by atoms with E-state index in [1.807, 2.05) is 37.3 Å². The van der Waals surface area contributed by atoms with Gasteiger partial charge in [-0.15, -0.1) is 0 Å². The number of nitrogens with zero attached hydrogens (tertiary/aromatic N) is 2. The molecule has 0 fully saturated rings. The van der Waals surface area contributed by atoms with Gasteiger partial charge < -0.3 is 11.1 Å². The summed E-state index contributed by atoms with van der Waals surface area (Å²) in [6.07, 6.45) is 0.600. The molecule has 10 heteroatoms. The van der Waals surface area contributed by atoms with E-state index in [2.05, 4.69) is 21.3 Å². The Hall–Kier alpha value is -4.21. The van der Waals surface area contributed by atoms with Crippen molar-refractivity contribution in [3.05, 3.63) is 76.2 Å². The Bertz CT molecular complexity index is 1220. The zero-order chi connectivity index (χ0) is 24.0. The van der Waals surface area contributed by atoms with Crippen LogP contribution in [0.4, 0.5) is 4.79 Å². The van der Waals surface area contributed by atoms with E-state index in [1.54, 1.807) is 31.2 Å². The summed E-state index contributed by atoms with van der Waals surface area (Å²) < 4.78 is 1.21. The lowest BCUT2D eigenvalue weighted by atomic mass is 9.99. The molecule has 10 nitrogen and oxygen atoms in total. The molecule has 1 aromatic heterocycles. The number of hydrogen-bond donors (Lipinski definition) is 4. The number of rotatable bonds is 7. The van der Waals surface area contributed by atoms with Crippen LogP contribution in [-0.4, -0.2) is 33.7 Å². The van der Waals surface area contributed by atoms with Gasteiger partial charge in [-0.2, -0.15) is 5.10 Å². The van der Waals surface area contributed by atoms with Gasteiger partial charge in [0.15, 0.2) is 5.69 Å². The quantitative estimate of drug-likeness (QED) is 0.400. The third-order valence-corrected chi connectivity index (χ3v) is 5.35. The summed E-state index contributed by atoms with van der Waals surface area (Å²) in [6, 6.07) is 14.1. The predicted molar refractivity (Wildman–Crippen MR) is 123 cm³/mol. The molecule has 5 N–H and O–H groups in total. The second-order valence-corrected chi connectivity index (χ2v) is 7.66. The summed E-state index contributed by atoms with van der Waals surface area (Å²) in [5, 5.41) is 7.33. The third kappa shape index (κ3) is 5.53. The van der Waals surface area contributed by atoms with Gasteiger partial charge in [0.2, 0.25) is 0 Å². The number of fused-ring (bicyclic) bond motifs is 1. The van der Waals surface area contributed by atoms with Crippen LogP contribution in [0.1, 0.15) is 36.3 Å². The molecule has 0 aliphatic heterocycles. The summed E-state index contributed by atoms with van der Waals surface area (Å²) in [5.41, 5.74) is 10.3. The van der Waals surface area contributed by atoms with Crippen LogP contribution in [0.5, 0.6) is 0 Å². The van der Waals surface area contributed by atoms with Crippen molar-refractivity contribution >= 4 is 28.6 Å². The van der Waals surface area contributed by atoms with Crippen LogP contribution < -0.4 is 27.5 Å². The fourth-order valence-corrected chi connectivity index (χ4v) is 3.38. The normalized spacial score (nSPS) is 12.5. The first-order valence-electron chi connectivity index (χ1n) is 10.5. The Morgan fingerprint density at radius 2 is 1.64 bits per heavy atom. The Morgan fingerprint density at radius 3 is 2.27 bits per heavy atom. The van der Waals surface area contributed by atoms with Crippen LogP contribution in [-0.2, 0) is 11.3 Å². The SMILES string of the molecule is CCC(C)C(NC(N)=O)C(=O)NNC(=O)c1nn(Cc2ccccc2)c(=O)c2ccccc12. The van der Waals surface area contributed by atoms with Crippen molar-refractivity contribution < 1.29 is 14.4 Å². The number of carbonyl (C=O) groups is 3. The van der Waals surface area contributed by atoms with E-state index in [4.69, 9.17) is 5.73 Å². The molecule has 0 saturated heterocycles. The van der Waals surface area contributed by atoms with Gasteiger partial charge in [-0.1, -0.05) is 68.8 Å². The minimum Gasteiger partial charge on any atom is -0.352 e. The Kier molecular flexibility index (Phi) is 7.39. The lowest BCUT2D eigenvalue weighted by molar-refractivity contribution is -0.124. The Labute approximate surface area is 190 Å². The maximum atomic E-state index is 12.9. The molecule has 0 bridgehead atoms.